The monoisotopic (exact) mass is 122 g/mol. The van der Waals surface area contributed by atoms with Crippen LogP contribution >= 0.6 is 0 Å². The Morgan fingerprint density at radius 2 is 1.88 bits per heavy atom. The van der Waals surface area contributed by atoms with Gasteiger partial charge in [-0.2, -0.15) is 0 Å². The fraction of sp³-hybridized carbons (Fsp3) is 1.00. The smallest absolute Gasteiger partial charge is 0.214 e. The molecule has 0 rings (SSSR count). The topological polar surface area (TPSA) is 36.9 Å². The predicted octanol–water partition coefficient (Wildman–Crippen LogP) is 0.490. The molecule has 0 amide bonds. The maximum Gasteiger partial charge on any atom is 0.214 e. The number of hydrogen-bond acceptors (Lipinski definition) is 4. The van der Waals surface area contributed by atoms with E-state index in [0.29, 0.717) is 6.61 Å². The number of hydrogen-bond donors (Lipinski definition) is 0. The molecule has 0 unspecified atom stereocenters. The van der Waals surface area contributed by atoms with Crippen LogP contribution in [0.5, 0.6) is 0 Å². The molecule has 0 bridgehead atoms. The van der Waals surface area contributed by atoms with Crippen LogP contribution in [0.1, 0.15) is 6.92 Å². The summed E-state index contributed by atoms with van der Waals surface area (Å²) in [5.74, 6) is 0. The van der Waals surface area contributed by atoms with Crippen molar-refractivity contribution >= 4 is 0 Å². The van der Waals surface area contributed by atoms with Crippen LogP contribution in [0.2, 0.25) is 0 Å². The highest BCUT2D eigenvalue weighted by molar-refractivity contribution is 3.92. The first-order chi connectivity index (χ1) is 3.91. The second-order valence-electron chi connectivity index (χ2n) is 0.927. The number of rotatable bonds is 5. The van der Waals surface area contributed by atoms with Crippen LogP contribution in [0, 0.1) is 0 Å². The van der Waals surface area contributed by atoms with Crippen LogP contribution in [-0.2, 0) is 19.6 Å². The van der Waals surface area contributed by atoms with Gasteiger partial charge in [0.25, 0.3) is 0 Å². The lowest BCUT2D eigenvalue weighted by Crippen LogP contribution is -1.99. The van der Waals surface area contributed by atoms with E-state index in [1.807, 2.05) is 6.92 Å². The Morgan fingerprint density at radius 3 is 2.38 bits per heavy atom. The molecule has 4 nitrogen and oxygen atoms in total. The van der Waals surface area contributed by atoms with Crippen molar-refractivity contribution < 1.29 is 19.6 Å². The molecule has 4 heteroatoms. The lowest BCUT2D eigenvalue weighted by atomic mass is 10.9. The van der Waals surface area contributed by atoms with Crippen molar-refractivity contribution in [2.45, 2.75) is 6.92 Å². The summed E-state index contributed by atoms with van der Waals surface area (Å²) in [6.07, 6.45) is 0. The summed E-state index contributed by atoms with van der Waals surface area (Å²) in [7, 11) is 1.40. The minimum Gasteiger partial charge on any atom is -0.238 e. The lowest BCUT2D eigenvalue weighted by molar-refractivity contribution is -0.409. The van der Waals surface area contributed by atoms with Gasteiger partial charge in [-0.05, 0) is 6.92 Å². The van der Waals surface area contributed by atoms with E-state index in [4.69, 9.17) is 0 Å². The molecule has 0 heterocycles. The average molecular weight is 122 g/mol. The van der Waals surface area contributed by atoms with Crippen molar-refractivity contribution in [3.63, 3.8) is 0 Å². The maximum absolute atomic E-state index is 4.43. The van der Waals surface area contributed by atoms with Gasteiger partial charge in [-0.3, -0.25) is 0 Å². The van der Waals surface area contributed by atoms with Crippen LogP contribution in [-0.4, -0.2) is 20.5 Å². The van der Waals surface area contributed by atoms with Gasteiger partial charge < -0.3 is 0 Å². The molecular weight excluding hydrogens is 112 g/mol. The lowest BCUT2D eigenvalue weighted by Gasteiger charge is -1.98. The summed E-state index contributed by atoms with van der Waals surface area (Å²) in [6, 6.07) is 0. The third-order valence-corrected chi connectivity index (χ3v) is 0.415. The second-order valence-corrected chi connectivity index (χ2v) is 0.927. The summed E-state index contributed by atoms with van der Waals surface area (Å²) in [5.41, 5.74) is 0. The molecule has 0 radical (unpaired) electrons. The predicted molar refractivity (Wildman–Crippen MR) is 25.7 cm³/mol. The summed E-state index contributed by atoms with van der Waals surface area (Å²) in [6.45, 7) is 2.32. The summed E-state index contributed by atoms with van der Waals surface area (Å²) in [4.78, 5) is 17.3. The largest absolute Gasteiger partial charge is 0.238 e. The van der Waals surface area contributed by atoms with E-state index in [0.717, 1.165) is 0 Å². The Bertz CT molecular complexity index is 33.0. The van der Waals surface area contributed by atoms with Gasteiger partial charge in [-0.1, -0.05) is 0 Å². The molecule has 0 N–H and O–H groups in total. The molecular formula is C4H10O4. The minimum atomic E-state index is 0.00431. The molecule has 0 aromatic heterocycles. The van der Waals surface area contributed by atoms with E-state index in [1.165, 1.54) is 7.11 Å². The molecule has 0 aromatic rings. The Kier molecular flexibility index (Phi) is 6.70. The van der Waals surface area contributed by atoms with Crippen LogP contribution < -0.4 is 0 Å². The van der Waals surface area contributed by atoms with Gasteiger partial charge in [0.2, 0.25) is 6.79 Å². The maximum atomic E-state index is 4.43. The van der Waals surface area contributed by atoms with Crippen molar-refractivity contribution in [2.24, 2.45) is 0 Å². The highest BCUT2D eigenvalue weighted by Crippen LogP contribution is 1.78. The van der Waals surface area contributed by atoms with E-state index >= 15 is 0 Å². The van der Waals surface area contributed by atoms with E-state index in [-0.39, 0.29) is 6.79 Å². The van der Waals surface area contributed by atoms with Crippen molar-refractivity contribution in [3.05, 3.63) is 0 Å². The van der Waals surface area contributed by atoms with Crippen LogP contribution in [0.15, 0.2) is 0 Å². The van der Waals surface area contributed by atoms with Crippen molar-refractivity contribution in [2.75, 3.05) is 20.5 Å². The SMILES string of the molecule is CCOOCOOC. The van der Waals surface area contributed by atoms with Gasteiger partial charge in [-0.15, -0.1) is 0 Å². The Morgan fingerprint density at radius 1 is 1.12 bits per heavy atom. The Labute approximate surface area is 48.1 Å². The highest BCUT2D eigenvalue weighted by Gasteiger charge is 1.81. The molecule has 0 saturated carbocycles. The normalized spacial score (nSPS) is 9.75. The third-order valence-electron chi connectivity index (χ3n) is 0.415. The van der Waals surface area contributed by atoms with E-state index in [9.17, 15) is 0 Å². The molecule has 0 aliphatic heterocycles. The first-order valence-electron chi connectivity index (χ1n) is 2.31. The standard InChI is InChI=1S/C4H10O4/c1-3-6-8-4-7-5-2/h3-4H2,1-2H3. The molecule has 0 fully saturated rings. The van der Waals surface area contributed by atoms with E-state index in [2.05, 4.69) is 19.6 Å². The summed E-state index contributed by atoms with van der Waals surface area (Å²) in [5, 5.41) is 0. The van der Waals surface area contributed by atoms with Gasteiger partial charge in [0.15, 0.2) is 0 Å². The zero-order chi connectivity index (χ0) is 6.24. The molecule has 0 atom stereocenters. The third kappa shape index (κ3) is 5.84. The highest BCUT2D eigenvalue weighted by atomic mass is 17.3. The Balaban J connectivity index is 2.53. The zero-order valence-corrected chi connectivity index (χ0v) is 5.05. The zero-order valence-electron chi connectivity index (χ0n) is 5.05. The summed E-state index contributed by atoms with van der Waals surface area (Å²) >= 11 is 0. The Hall–Kier alpha value is -0.160. The van der Waals surface area contributed by atoms with Crippen LogP contribution in [0.3, 0.4) is 0 Å². The first kappa shape index (κ1) is 7.84. The quantitative estimate of drug-likeness (QED) is 0.230. The van der Waals surface area contributed by atoms with Crippen LogP contribution in [0.25, 0.3) is 0 Å². The van der Waals surface area contributed by atoms with E-state index in [1.54, 1.807) is 0 Å². The van der Waals surface area contributed by atoms with Gasteiger partial charge in [0.1, 0.15) is 0 Å². The van der Waals surface area contributed by atoms with Crippen molar-refractivity contribution in [1.29, 1.82) is 0 Å². The second kappa shape index (κ2) is 6.84. The van der Waals surface area contributed by atoms with Crippen LogP contribution in [0.4, 0.5) is 0 Å². The molecule has 0 spiro atoms. The van der Waals surface area contributed by atoms with Gasteiger partial charge in [0, 0.05) is 0 Å². The van der Waals surface area contributed by atoms with Crippen molar-refractivity contribution in [3.8, 4) is 0 Å². The molecule has 0 aliphatic rings. The van der Waals surface area contributed by atoms with Crippen molar-refractivity contribution in [1.82, 2.24) is 0 Å². The molecule has 8 heavy (non-hydrogen) atoms. The molecule has 0 aliphatic carbocycles. The molecule has 50 valence electrons. The minimum absolute atomic E-state index is 0.00431. The summed E-state index contributed by atoms with van der Waals surface area (Å²) < 4.78 is 0. The van der Waals surface area contributed by atoms with E-state index < -0.39 is 0 Å². The van der Waals surface area contributed by atoms with Gasteiger partial charge in [-0.25, -0.2) is 19.6 Å². The molecule has 0 aromatic carbocycles. The average Bonchev–Trinajstić information content (AvgIpc) is 1.81. The fourth-order valence-corrected chi connectivity index (χ4v) is 0.185. The first-order valence-corrected chi connectivity index (χ1v) is 2.31. The van der Waals surface area contributed by atoms with Gasteiger partial charge in [0.05, 0.1) is 13.7 Å². The fourth-order valence-electron chi connectivity index (χ4n) is 0.185. The molecule has 0 saturated heterocycles. The van der Waals surface area contributed by atoms with Gasteiger partial charge >= 0.3 is 0 Å².